The zero-order valence-corrected chi connectivity index (χ0v) is 7.30. The quantitative estimate of drug-likeness (QED) is 0.650. The van der Waals surface area contributed by atoms with E-state index < -0.39 is 0 Å². The van der Waals surface area contributed by atoms with Crippen molar-refractivity contribution < 1.29 is 9.47 Å². The van der Waals surface area contributed by atoms with Gasteiger partial charge in [-0.3, -0.25) is 0 Å². The zero-order valence-electron chi connectivity index (χ0n) is 7.30. The molecule has 0 aromatic rings. The lowest BCUT2D eigenvalue weighted by Crippen LogP contribution is -2.65. The molecule has 0 aromatic carbocycles. The van der Waals surface area contributed by atoms with E-state index in [1.807, 2.05) is 0 Å². The van der Waals surface area contributed by atoms with E-state index in [1.165, 1.54) is 0 Å². The molecule has 1 aliphatic rings. The molecule has 1 fully saturated rings. The molecule has 1 rings (SSSR count). The van der Waals surface area contributed by atoms with Gasteiger partial charge in [0.1, 0.15) is 0 Å². The lowest BCUT2D eigenvalue weighted by Gasteiger charge is -2.43. The summed E-state index contributed by atoms with van der Waals surface area (Å²) in [6.45, 7) is 3.42. The van der Waals surface area contributed by atoms with Gasteiger partial charge < -0.3 is 15.2 Å². The summed E-state index contributed by atoms with van der Waals surface area (Å²) in [5.41, 5.74) is 5.79. The van der Waals surface area contributed by atoms with Crippen LogP contribution >= 0.6 is 0 Å². The van der Waals surface area contributed by atoms with E-state index in [2.05, 4.69) is 6.92 Å². The monoisotopic (exact) mass is 159 g/mol. The Labute approximate surface area is 67.9 Å². The maximum absolute atomic E-state index is 5.99. The molecule has 0 saturated carbocycles. The Morgan fingerprint density at radius 2 is 2.27 bits per heavy atom. The summed E-state index contributed by atoms with van der Waals surface area (Å²) < 4.78 is 10.4. The normalized spacial score (nSPS) is 24.3. The molecule has 0 aromatic heterocycles. The largest absolute Gasteiger partial charge is 0.379 e. The first-order valence-electron chi connectivity index (χ1n) is 4.12. The minimum Gasteiger partial charge on any atom is -0.379 e. The predicted octanol–water partition coefficient (Wildman–Crippen LogP) is 0.529. The molecule has 1 aliphatic heterocycles. The summed E-state index contributed by atoms with van der Waals surface area (Å²) >= 11 is 0. The Morgan fingerprint density at radius 1 is 1.64 bits per heavy atom. The van der Waals surface area contributed by atoms with Gasteiger partial charge in [-0.1, -0.05) is 13.3 Å². The van der Waals surface area contributed by atoms with E-state index in [9.17, 15) is 0 Å². The number of nitrogens with two attached hydrogens (primary N) is 1. The maximum Gasteiger partial charge on any atom is 0.0893 e. The summed E-state index contributed by atoms with van der Waals surface area (Å²) in [7, 11) is 1.72. The molecule has 1 atom stereocenters. The third kappa shape index (κ3) is 1.72. The van der Waals surface area contributed by atoms with Crippen LogP contribution in [0.15, 0.2) is 0 Å². The van der Waals surface area contributed by atoms with Crippen molar-refractivity contribution in [2.24, 2.45) is 5.73 Å². The van der Waals surface area contributed by atoms with Crippen LogP contribution in [0.5, 0.6) is 0 Å². The maximum atomic E-state index is 5.99. The fraction of sp³-hybridized carbons (Fsp3) is 1.00. The lowest BCUT2D eigenvalue weighted by atomic mass is 9.89. The van der Waals surface area contributed by atoms with Crippen LogP contribution in [0.4, 0.5) is 0 Å². The average molecular weight is 159 g/mol. The number of rotatable bonds is 4. The number of hydrogen-bond acceptors (Lipinski definition) is 3. The van der Waals surface area contributed by atoms with Crippen LogP contribution in [-0.4, -0.2) is 32.0 Å². The van der Waals surface area contributed by atoms with Crippen molar-refractivity contribution in [3.63, 3.8) is 0 Å². The van der Waals surface area contributed by atoms with Crippen LogP contribution < -0.4 is 5.73 Å². The smallest absolute Gasteiger partial charge is 0.0893 e. The van der Waals surface area contributed by atoms with Crippen molar-refractivity contribution in [2.75, 3.05) is 20.3 Å². The van der Waals surface area contributed by atoms with Gasteiger partial charge in [-0.05, 0) is 6.42 Å². The van der Waals surface area contributed by atoms with Crippen LogP contribution in [0.1, 0.15) is 19.8 Å². The van der Waals surface area contributed by atoms with Crippen LogP contribution in [0.25, 0.3) is 0 Å². The first kappa shape index (κ1) is 8.97. The lowest BCUT2D eigenvalue weighted by molar-refractivity contribution is -0.124. The Balaban J connectivity index is 2.39. The Kier molecular flexibility index (Phi) is 2.87. The molecule has 1 saturated heterocycles. The molecular weight excluding hydrogens is 142 g/mol. The van der Waals surface area contributed by atoms with Gasteiger partial charge in [0.15, 0.2) is 0 Å². The molecule has 1 unspecified atom stereocenters. The fourth-order valence-electron chi connectivity index (χ4n) is 1.43. The van der Waals surface area contributed by atoms with Crippen molar-refractivity contribution in [1.82, 2.24) is 0 Å². The minimum atomic E-state index is -0.204. The van der Waals surface area contributed by atoms with Crippen molar-refractivity contribution in [3.8, 4) is 0 Å². The van der Waals surface area contributed by atoms with Gasteiger partial charge in [0.05, 0.1) is 24.9 Å². The van der Waals surface area contributed by atoms with Gasteiger partial charge in [-0.15, -0.1) is 0 Å². The molecule has 2 N–H and O–H groups in total. The Bertz CT molecular complexity index is 123. The summed E-state index contributed by atoms with van der Waals surface area (Å²) in [4.78, 5) is 0. The summed E-state index contributed by atoms with van der Waals surface area (Å²) in [5.74, 6) is 0. The van der Waals surface area contributed by atoms with Gasteiger partial charge in [0, 0.05) is 7.11 Å². The highest BCUT2D eigenvalue weighted by atomic mass is 16.5. The second kappa shape index (κ2) is 3.52. The predicted molar refractivity (Wildman–Crippen MR) is 43.4 cm³/mol. The molecule has 0 bridgehead atoms. The number of hydrogen-bond donors (Lipinski definition) is 1. The Morgan fingerprint density at radius 3 is 2.55 bits per heavy atom. The fourth-order valence-corrected chi connectivity index (χ4v) is 1.43. The molecule has 3 nitrogen and oxygen atoms in total. The van der Waals surface area contributed by atoms with Crippen molar-refractivity contribution in [3.05, 3.63) is 0 Å². The van der Waals surface area contributed by atoms with E-state index in [-0.39, 0.29) is 11.6 Å². The van der Waals surface area contributed by atoms with Crippen molar-refractivity contribution >= 4 is 0 Å². The van der Waals surface area contributed by atoms with E-state index in [4.69, 9.17) is 15.2 Å². The highest BCUT2D eigenvalue weighted by Crippen LogP contribution is 2.23. The second-order valence-corrected chi connectivity index (χ2v) is 3.24. The Hall–Kier alpha value is -0.120. The van der Waals surface area contributed by atoms with Crippen LogP contribution in [0, 0.1) is 0 Å². The third-order valence-electron chi connectivity index (χ3n) is 2.22. The third-order valence-corrected chi connectivity index (χ3v) is 2.22. The number of methoxy groups -OCH3 is 1. The van der Waals surface area contributed by atoms with E-state index in [1.54, 1.807) is 7.11 Å². The molecule has 0 amide bonds. The minimum absolute atomic E-state index is 0.168. The van der Waals surface area contributed by atoms with E-state index >= 15 is 0 Å². The molecule has 11 heavy (non-hydrogen) atoms. The van der Waals surface area contributed by atoms with Crippen LogP contribution in [0.2, 0.25) is 0 Å². The SMILES string of the molecule is CCCC(OC)C1(N)COC1. The van der Waals surface area contributed by atoms with Gasteiger partial charge in [-0.2, -0.15) is 0 Å². The number of ether oxygens (including phenoxy) is 2. The highest BCUT2D eigenvalue weighted by molar-refractivity contribution is 4.97. The van der Waals surface area contributed by atoms with Crippen LogP contribution in [0.3, 0.4) is 0 Å². The topological polar surface area (TPSA) is 44.5 Å². The van der Waals surface area contributed by atoms with Gasteiger partial charge in [-0.25, -0.2) is 0 Å². The van der Waals surface area contributed by atoms with Gasteiger partial charge in [0.25, 0.3) is 0 Å². The van der Waals surface area contributed by atoms with Crippen molar-refractivity contribution in [1.29, 1.82) is 0 Å². The van der Waals surface area contributed by atoms with E-state index in [0.29, 0.717) is 13.2 Å². The summed E-state index contributed by atoms with van der Waals surface area (Å²) in [6, 6.07) is 0. The van der Waals surface area contributed by atoms with Crippen LogP contribution in [-0.2, 0) is 9.47 Å². The van der Waals surface area contributed by atoms with Gasteiger partial charge >= 0.3 is 0 Å². The molecule has 1 heterocycles. The molecule has 66 valence electrons. The standard InChI is InChI=1S/C8H17NO2/c1-3-4-7(10-2)8(9)5-11-6-8/h7H,3-6,9H2,1-2H3. The molecule has 3 heteroatoms. The average Bonchev–Trinajstić information content (AvgIpc) is 1.96. The highest BCUT2D eigenvalue weighted by Gasteiger charge is 2.41. The zero-order chi connectivity index (χ0) is 8.32. The molecule has 0 spiro atoms. The first-order chi connectivity index (χ1) is 5.23. The summed E-state index contributed by atoms with van der Waals surface area (Å²) in [6.07, 6.45) is 2.30. The second-order valence-electron chi connectivity index (χ2n) is 3.24. The molecule has 0 radical (unpaired) electrons. The molecular formula is C8H17NO2. The van der Waals surface area contributed by atoms with E-state index in [0.717, 1.165) is 12.8 Å². The summed E-state index contributed by atoms with van der Waals surface area (Å²) in [5, 5.41) is 0. The van der Waals surface area contributed by atoms with Crippen molar-refractivity contribution in [2.45, 2.75) is 31.4 Å². The first-order valence-corrected chi connectivity index (χ1v) is 4.12. The van der Waals surface area contributed by atoms with Gasteiger partial charge in [0.2, 0.25) is 0 Å². The molecule has 0 aliphatic carbocycles.